The SMILES string of the molecule is CCOC(=O)Cn1ncc2c1CCCC2N(c1ccc(-c2ccccc2)c(F)c1)S(=O)O. The number of benzene rings is 2. The molecule has 1 N–H and O–H groups in total. The zero-order valence-electron chi connectivity index (χ0n) is 17.6. The van der Waals surface area contributed by atoms with Crippen molar-refractivity contribution in [2.75, 3.05) is 10.9 Å². The van der Waals surface area contributed by atoms with Crippen LogP contribution >= 0.6 is 0 Å². The molecule has 1 heterocycles. The smallest absolute Gasteiger partial charge is 0.327 e. The summed E-state index contributed by atoms with van der Waals surface area (Å²) in [7, 11) is 0. The molecule has 0 aliphatic heterocycles. The van der Waals surface area contributed by atoms with Crippen molar-refractivity contribution in [2.45, 2.75) is 38.8 Å². The van der Waals surface area contributed by atoms with Gasteiger partial charge in [0.05, 0.1) is 24.5 Å². The number of esters is 1. The molecule has 1 aliphatic rings. The van der Waals surface area contributed by atoms with Gasteiger partial charge in [-0.1, -0.05) is 30.3 Å². The molecule has 0 saturated heterocycles. The highest BCUT2D eigenvalue weighted by atomic mass is 32.2. The van der Waals surface area contributed by atoms with E-state index in [4.69, 9.17) is 4.74 Å². The molecular formula is C23H24FN3O4S. The molecule has 2 unspecified atom stereocenters. The average Bonchev–Trinajstić information content (AvgIpc) is 3.18. The molecule has 0 spiro atoms. The van der Waals surface area contributed by atoms with Gasteiger partial charge < -0.3 is 4.74 Å². The van der Waals surface area contributed by atoms with Crippen LogP contribution in [0.15, 0.2) is 54.7 Å². The average molecular weight is 458 g/mol. The number of aromatic nitrogens is 2. The number of anilines is 1. The second kappa shape index (κ2) is 9.62. The minimum absolute atomic E-state index is 0.0154. The maximum atomic E-state index is 15.0. The standard InChI is InChI=1S/C23H24FN3O4S/c1-2-31-23(28)15-26-21-9-6-10-22(19(21)14-25-26)27(32(29)30)17-11-12-18(20(24)13-17)16-7-4-3-5-8-16/h3-5,7-8,11-14,22H,2,6,9-10,15H2,1H3,(H,29,30). The Morgan fingerprint density at radius 3 is 2.78 bits per heavy atom. The molecule has 7 nitrogen and oxygen atoms in total. The van der Waals surface area contributed by atoms with Crippen molar-refractivity contribution < 1.29 is 22.7 Å². The highest BCUT2D eigenvalue weighted by molar-refractivity contribution is 7.80. The molecule has 0 amide bonds. The fraction of sp³-hybridized carbons (Fsp3) is 0.304. The lowest BCUT2D eigenvalue weighted by molar-refractivity contribution is -0.144. The monoisotopic (exact) mass is 457 g/mol. The molecule has 1 aliphatic carbocycles. The highest BCUT2D eigenvalue weighted by Gasteiger charge is 2.33. The van der Waals surface area contributed by atoms with Crippen LogP contribution in [0.2, 0.25) is 0 Å². The number of halogens is 1. The lowest BCUT2D eigenvalue weighted by Crippen LogP contribution is -2.33. The summed E-state index contributed by atoms with van der Waals surface area (Å²) in [5.74, 6) is -0.861. The molecule has 168 valence electrons. The fourth-order valence-corrected chi connectivity index (χ4v) is 4.91. The Bertz CT molecular complexity index is 1140. The number of carbonyl (C=O) groups excluding carboxylic acids is 1. The van der Waals surface area contributed by atoms with Crippen LogP contribution in [0.5, 0.6) is 0 Å². The second-order valence-electron chi connectivity index (χ2n) is 7.50. The first-order chi connectivity index (χ1) is 15.5. The van der Waals surface area contributed by atoms with E-state index in [1.54, 1.807) is 29.9 Å². The zero-order chi connectivity index (χ0) is 22.7. The van der Waals surface area contributed by atoms with Crippen molar-refractivity contribution in [1.82, 2.24) is 9.78 Å². The molecule has 3 aromatic rings. The molecule has 1 aromatic heterocycles. The van der Waals surface area contributed by atoms with Crippen LogP contribution in [-0.2, 0) is 33.8 Å². The summed E-state index contributed by atoms with van der Waals surface area (Å²) in [6, 6.07) is 13.2. The fourth-order valence-electron chi connectivity index (χ4n) is 4.18. The molecule has 9 heteroatoms. The highest BCUT2D eigenvalue weighted by Crippen LogP contribution is 2.39. The minimum Gasteiger partial charge on any atom is -0.465 e. The van der Waals surface area contributed by atoms with Crippen LogP contribution in [0.4, 0.5) is 10.1 Å². The van der Waals surface area contributed by atoms with E-state index in [2.05, 4.69) is 5.10 Å². The van der Waals surface area contributed by atoms with Gasteiger partial charge in [0.25, 0.3) is 11.3 Å². The van der Waals surface area contributed by atoms with E-state index in [9.17, 15) is 17.9 Å². The summed E-state index contributed by atoms with van der Waals surface area (Å²) >= 11 is -2.39. The van der Waals surface area contributed by atoms with Crippen LogP contribution in [0.1, 0.15) is 37.1 Å². The number of hydrogen-bond donors (Lipinski definition) is 1. The third-order valence-electron chi connectivity index (χ3n) is 5.56. The van der Waals surface area contributed by atoms with E-state index >= 15 is 0 Å². The van der Waals surface area contributed by atoms with E-state index in [1.807, 2.05) is 30.3 Å². The molecule has 2 aromatic carbocycles. The number of hydrogen-bond acceptors (Lipinski definition) is 4. The van der Waals surface area contributed by atoms with E-state index in [1.165, 1.54) is 10.4 Å². The normalized spacial score (nSPS) is 16.3. The third kappa shape index (κ3) is 4.44. The van der Waals surface area contributed by atoms with Crippen molar-refractivity contribution in [1.29, 1.82) is 0 Å². The second-order valence-corrected chi connectivity index (χ2v) is 8.36. The van der Waals surface area contributed by atoms with Gasteiger partial charge in [-0.15, -0.1) is 0 Å². The van der Waals surface area contributed by atoms with Crippen LogP contribution in [0.25, 0.3) is 11.1 Å². The number of fused-ring (bicyclic) bond motifs is 1. The summed E-state index contributed by atoms with van der Waals surface area (Å²) in [6.45, 7) is 2.01. The predicted octanol–water partition coefficient (Wildman–Crippen LogP) is 4.27. The molecule has 0 saturated carbocycles. The predicted molar refractivity (Wildman–Crippen MR) is 120 cm³/mol. The van der Waals surface area contributed by atoms with Crippen molar-refractivity contribution in [3.05, 3.63) is 71.8 Å². The first-order valence-electron chi connectivity index (χ1n) is 10.4. The van der Waals surface area contributed by atoms with Crippen molar-refractivity contribution in [3.63, 3.8) is 0 Å². The number of rotatable bonds is 7. The molecule has 0 fully saturated rings. The van der Waals surface area contributed by atoms with Crippen LogP contribution < -0.4 is 4.31 Å². The van der Waals surface area contributed by atoms with Crippen molar-refractivity contribution in [3.8, 4) is 11.1 Å². The van der Waals surface area contributed by atoms with Gasteiger partial charge >= 0.3 is 5.97 Å². The maximum absolute atomic E-state index is 15.0. The number of ether oxygens (including phenoxy) is 1. The quantitative estimate of drug-likeness (QED) is 0.423. The Balaban J connectivity index is 1.66. The van der Waals surface area contributed by atoms with Gasteiger partial charge in [-0.25, -0.2) is 8.60 Å². The molecule has 4 rings (SSSR count). The summed E-state index contributed by atoms with van der Waals surface area (Å²) in [6.07, 6.45) is 3.66. The molecule has 0 bridgehead atoms. The largest absolute Gasteiger partial charge is 0.465 e. The Morgan fingerprint density at radius 1 is 1.31 bits per heavy atom. The molecular weight excluding hydrogens is 433 g/mol. The van der Waals surface area contributed by atoms with Gasteiger partial charge in [-0.3, -0.25) is 18.3 Å². The summed E-state index contributed by atoms with van der Waals surface area (Å²) in [5.41, 5.74) is 3.04. The van der Waals surface area contributed by atoms with Gasteiger partial charge in [0.2, 0.25) is 0 Å². The number of carbonyl (C=O) groups is 1. The molecule has 32 heavy (non-hydrogen) atoms. The first-order valence-corrected chi connectivity index (χ1v) is 11.5. The third-order valence-corrected chi connectivity index (χ3v) is 6.36. The van der Waals surface area contributed by atoms with E-state index in [0.29, 0.717) is 24.1 Å². The van der Waals surface area contributed by atoms with E-state index < -0.39 is 23.1 Å². The molecule has 2 atom stereocenters. The minimum atomic E-state index is -2.39. The number of nitrogens with zero attached hydrogens (tertiary/aromatic N) is 3. The van der Waals surface area contributed by atoms with Gasteiger partial charge in [0.1, 0.15) is 12.4 Å². The van der Waals surface area contributed by atoms with Crippen molar-refractivity contribution >= 4 is 22.9 Å². The molecule has 0 radical (unpaired) electrons. The van der Waals surface area contributed by atoms with Crippen LogP contribution in [0.3, 0.4) is 0 Å². The van der Waals surface area contributed by atoms with E-state index in [-0.39, 0.29) is 19.1 Å². The Morgan fingerprint density at radius 2 is 2.09 bits per heavy atom. The zero-order valence-corrected chi connectivity index (χ0v) is 18.4. The van der Waals surface area contributed by atoms with Gasteiger partial charge in [0.15, 0.2) is 0 Å². The van der Waals surface area contributed by atoms with E-state index in [0.717, 1.165) is 23.2 Å². The van der Waals surface area contributed by atoms with Gasteiger partial charge in [-0.05, 0) is 49.9 Å². The maximum Gasteiger partial charge on any atom is 0.327 e. The summed E-state index contributed by atoms with van der Waals surface area (Å²) in [5, 5.41) is 4.31. The van der Waals surface area contributed by atoms with Crippen LogP contribution in [0, 0.1) is 5.82 Å². The lowest BCUT2D eigenvalue weighted by Gasteiger charge is -2.33. The first kappa shape index (κ1) is 22.2. The lowest BCUT2D eigenvalue weighted by atomic mass is 9.92. The summed E-state index contributed by atoms with van der Waals surface area (Å²) < 4.78 is 45.3. The van der Waals surface area contributed by atoms with Gasteiger partial charge in [-0.2, -0.15) is 5.10 Å². The van der Waals surface area contributed by atoms with Gasteiger partial charge in [0, 0.05) is 16.8 Å². The summed E-state index contributed by atoms with van der Waals surface area (Å²) in [4.78, 5) is 11.9. The van der Waals surface area contributed by atoms with Crippen LogP contribution in [-0.4, -0.2) is 31.1 Å². The van der Waals surface area contributed by atoms with Crippen molar-refractivity contribution in [2.24, 2.45) is 0 Å². The Kier molecular flexibility index (Phi) is 6.66. The Labute approximate surface area is 188 Å². The topological polar surface area (TPSA) is 84.7 Å². The Hall–Kier alpha value is -3.04.